The first kappa shape index (κ1) is 20.7. The highest BCUT2D eigenvalue weighted by atomic mass is 32.2. The third-order valence-corrected chi connectivity index (χ3v) is 6.53. The van der Waals surface area contributed by atoms with Crippen LogP contribution in [0, 0.1) is 6.92 Å². The fraction of sp³-hybridized carbons (Fsp3) is 0.455. The fourth-order valence-electron chi connectivity index (χ4n) is 3.53. The maximum atomic E-state index is 12.7. The number of anilines is 1. The Morgan fingerprint density at radius 3 is 2.43 bits per heavy atom. The van der Waals surface area contributed by atoms with Crippen LogP contribution in [-0.2, 0) is 16.4 Å². The molecule has 1 aliphatic rings. The van der Waals surface area contributed by atoms with Gasteiger partial charge in [-0.2, -0.15) is 0 Å². The highest BCUT2D eigenvalue weighted by Gasteiger charge is 2.19. The van der Waals surface area contributed by atoms with E-state index < -0.39 is 10.0 Å². The van der Waals surface area contributed by atoms with Crippen LogP contribution < -0.4 is 14.4 Å². The normalized spacial score (nSPS) is 14.9. The van der Waals surface area contributed by atoms with Crippen molar-refractivity contribution in [2.45, 2.75) is 44.4 Å². The number of piperidine rings is 1. The van der Waals surface area contributed by atoms with Gasteiger partial charge in [0.2, 0.25) is 10.0 Å². The second-order valence-corrected chi connectivity index (χ2v) is 8.98. The second kappa shape index (κ2) is 9.43. The molecule has 0 saturated carbocycles. The molecule has 1 heterocycles. The lowest BCUT2D eigenvalue weighted by atomic mass is 10.1. The van der Waals surface area contributed by atoms with Crippen molar-refractivity contribution in [3.05, 3.63) is 53.6 Å². The SMILES string of the molecule is CCOc1ccc(C)cc1S(=O)(=O)NCCc1ccc(N2CCCCC2)cc1. The number of sulfonamides is 1. The Kier molecular flexibility index (Phi) is 6.97. The Labute approximate surface area is 168 Å². The maximum absolute atomic E-state index is 12.7. The van der Waals surface area contributed by atoms with E-state index in [1.165, 1.54) is 24.9 Å². The molecule has 0 radical (unpaired) electrons. The monoisotopic (exact) mass is 402 g/mol. The first-order valence-corrected chi connectivity index (χ1v) is 11.5. The minimum absolute atomic E-state index is 0.204. The lowest BCUT2D eigenvalue weighted by molar-refractivity contribution is 0.331. The Morgan fingerprint density at radius 1 is 1.04 bits per heavy atom. The van der Waals surface area contributed by atoms with Crippen LogP contribution in [0.25, 0.3) is 0 Å². The topological polar surface area (TPSA) is 58.6 Å². The molecule has 3 rings (SSSR count). The average Bonchev–Trinajstić information content (AvgIpc) is 2.70. The maximum Gasteiger partial charge on any atom is 0.244 e. The van der Waals surface area contributed by atoms with Crippen molar-refractivity contribution in [1.82, 2.24) is 4.72 Å². The molecule has 0 aromatic heterocycles. The summed E-state index contributed by atoms with van der Waals surface area (Å²) in [5.74, 6) is 0.395. The Bertz CT molecular complexity index is 873. The van der Waals surface area contributed by atoms with Crippen molar-refractivity contribution in [2.24, 2.45) is 0 Å². The standard InChI is InChI=1S/C22H30N2O3S/c1-3-27-21-12-7-18(2)17-22(21)28(25,26)23-14-13-19-8-10-20(11-9-19)24-15-5-4-6-16-24/h7-12,17,23H,3-6,13-16H2,1-2H3. The van der Waals surface area contributed by atoms with Gasteiger partial charge in [0.25, 0.3) is 0 Å². The van der Waals surface area contributed by atoms with Gasteiger partial charge in [0, 0.05) is 25.3 Å². The summed E-state index contributed by atoms with van der Waals surface area (Å²) in [5, 5.41) is 0. The van der Waals surface area contributed by atoms with Gasteiger partial charge >= 0.3 is 0 Å². The molecule has 28 heavy (non-hydrogen) atoms. The van der Waals surface area contributed by atoms with Crippen LogP contribution in [0.2, 0.25) is 0 Å². The summed E-state index contributed by atoms with van der Waals surface area (Å²) in [7, 11) is -3.61. The van der Waals surface area contributed by atoms with Gasteiger partial charge in [0.1, 0.15) is 10.6 Å². The lowest BCUT2D eigenvalue weighted by Crippen LogP contribution is -2.29. The predicted molar refractivity (Wildman–Crippen MR) is 114 cm³/mol. The van der Waals surface area contributed by atoms with Crippen molar-refractivity contribution in [3.63, 3.8) is 0 Å². The Morgan fingerprint density at radius 2 is 1.75 bits per heavy atom. The van der Waals surface area contributed by atoms with Gasteiger partial charge < -0.3 is 9.64 Å². The highest BCUT2D eigenvalue weighted by Crippen LogP contribution is 2.25. The minimum Gasteiger partial charge on any atom is -0.492 e. The number of ether oxygens (including phenoxy) is 1. The third-order valence-electron chi connectivity index (χ3n) is 5.05. The number of benzene rings is 2. The summed E-state index contributed by atoms with van der Waals surface area (Å²) in [5.41, 5.74) is 3.26. The number of nitrogens with zero attached hydrogens (tertiary/aromatic N) is 1. The molecule has 0 bridgehead atoms. The van der Waals surface area contributed by atoms with E-state index >= 15 is 0 Å². The van der Waals surface area contributed by atoms with Gasteiger partial charge in [0.05, 0.1) is 6.61 Å². The molecule has 0 unspecified atom stereocenters. The largest absolute Gasteiger partial charge is 0.492 e. The Balaban J connectivity index is 1.60. The van der Waals surface area contributed by atoms with E-state index in [-0.39, 0.29) is 4.90 Å². The van der Waals surface area contributed by atoms with Crippen molar-refractivity contribution < 1.29 is 13.2 Å². The summed E-state index contributed by atoms with van der Waals surface area (Å²) in [6, 6.07) is 13.7. The molecule has 2 aromatic rings. The molecular weight excluding hydrogens is 372 g/mol. The van der Waals surface area contributed by atoms with Crippen LogP contribution >= 0.6 is 0 Å². The van der Waals surface area contributed by atoms with Crippen LogP contribution in [-0.4, -0.2) is 34.7 Å². The molecule has 1 N–H and O–H groups in total. The molecular formula is C22H30N2O3S. The predicted octanol–water partition coefficient (Wildman–Crippen LogP) is 3.91. The van der Waals surface area contributed by atoms with Crippen LogP contribution in [0.5, 0.6) is 5.75 Å². The van der Waals surface area contributed by atoms with Crippen LogP contribution in [0.1, 0.15) is 37.3 Å². The number of aryl methyl sites for hydroxylation is 1. The van der Waals surface area contributed by atoms with Gasteiger partial charge in [-0.15, -0.1) is 0 Å². The Hall–Kier alpha value is -2.05. The quantitative estimate of drug-likeness (QED) is 0.727. The van der Waals surface area contributed by atoms with Crippen LogP contribution in [0.4, 0.5) is 5.69 Å². The summed E-state index contributed by atoms with van der Waals surface area (Å²) in [6.07, 6.45) is 4.48. The number of hydrogen-bond acceptors (Lipinski definition) is 4. The number of hydrogen-bond donors (Lipinski definition) is 1. The van der Waals surface area contributed by atoms with Gasteiger partial charge in [-0.05, 0) is 74.9 Å². The van der Waals surface area contributed by atoms with Crippen molar-refractivity contribution in [1.29, 1.82) is 0 Å². The van der Waals surface area contributed by atoms with E-state index in [0.29, 0.717) is 25.3 Å². The average molecular weight is 403 g/mol. The zero-order chi connectivity index (χ0) is 20.0. The molecule has 1 saturated heterocycles. The lowest BCUT2D eigenvalue weighted by Gasteiger charge is -2.28. The van der Waals surface area contributed by atoms with E-state index in [1.54, 1.807) is 12.1 Å². The van der Waals surface area contributed by atoms with Gasteiger partial charge in [-0.3, -0.25) is 0 Å². The number of rotatable bonds is 8. The van der Waals surface area contributed by atoms with E-state index in [2.05, 4.69) is 33.9 Å². The van der Waals surface area contributed by atoms with E-state index in [1.807, 2.05) is 19.9 Å². The molecule has 0 atom stereocenters. The van der Waals surface area contributed by atoms with Crippen molar-refractivity contribution in [3.8, 4) is 5.75 Å². The molecule has 5 nitrogen and oxygen atoms in total. The molecule has 6 heteroatoms. The van der Waals surface area contributed by atoms with Crippen LogP contribution in [0.3, 0.4) is 0 Å². The summed E-state index contributed by atoms with van der Waals surface area (Å²) < 4.78 is 33.7. The number of nitrogens with one attached hydrogen (secondary N) is 1. The van der Waals surface area contributed by atoms with Crippen molar-refractivity contribution in [2.75, 3.05) is 31.1 Å². The molecule has 0 amide bonds. The van der Waals surface area contributed by atoms with Crippen LogP contribution in [0.15, 0.2) is 47.4 Å². The van der Waals surface area contributed by atoms with E-state index in [9.17, 15) is 8.42 Å². The third kappa shape index (κ3) is 5.26. The zero-order valence-electron chi connectivity index (χ0n) is 16.8. The minimum atomic E-state index is -3.61. The smallest absolute Gasteiger partial charge is 0.244 e. The summed E-state index contributed by atoms with van der Waals surface area (Å²) in [6.45, 7) is 6.74. The molecule has 1 aliphatic heterocycles. The van der Waals surface area contributed by atoms with Gasteiger partial charge in [-0.25, -0.2) is 13.1 Å². The first-order chi connectivity index (χ1) is 13.5. The van der Waals surface area contributed by atoms with Gasteiger partial charge in [0.15, 0.2) is 0 Å². The molecule has 2 aromatic carbocycles. The summed E-state index contributed by atoms with van der Waals surface area (Å²) in [4.78, 5) is 2.62. The fourth-order valence-corrected chi connectivity index (χ4v) is 4.79. The second-order valence-electron chi connectivity index (χ2n) is 7.25. The molecule has 152 valence electrons. The zero-order valence-corrected chi connectivity index (χ0v) is 17.6. The van der Waals surface area contributed by atoms with Gasteiger partial charge in [-0.1, -0.05) is 18.2 Å². The summed E-state index contributed by atoms with van der Waals surface area (Å²) >= 11 is 0. The first-order valence-electron chi connectivity index (χ1n) is 10.1. The van der Waals surface area contributed by atoms with E-state index in [0.717, 1.165) is 24.2 Å². The molecule has 0 spiro atoms. The highest BCUT2D eigenvalue weighted by molar-refractivity contribution is 7.89. The molecule has 0 aliphatic carbocycles. The van der Waals surface area contributed by atoms with Crippen molar-refractivity contribution >= 4 is 15.7 Å². The molecule has 1 fully saturated rings. The van der Waals surface area contributed by atoms with E-state index in [4.69, 9.17) is 4.74 Å².